The molecule has 1 amide bonds. The Balaban J connectivity index is 1.43. The van der Waals surface area contributed by atoms with Crippen molar-refractivity contribution < 1.29 is 13.9 Å². The lowest BCUT2D eigenvalue weighted by Crippen LogP contribution is -2.20. The molecule has 0 heterocycles. The van der Waals surface area contributed by atoms with E-state index >= 15 is 0 Å². The molecular weight excluding hydrogens is 317 g/mol. The first-order chi connectivity index (χ1) is 12.2. The predicted octanol–water partition coefficient (Wildman–Crippen LogP) is 4.41. The maximum absolute atomic E-state index is 13.5. The first-order valence-electron chi connectivity index (χ1n) is 8.09. The van der Waals surface area contributed by atoms with Crippen LogP contribution < -0.4 is 10.1 Å². The molecule has 1 N–H and O–H groups in total. The van der Waals surface area contributed by atoms with E-state index in [1.54, 1.807) is 12.1 Å². The summed E-state index contributed by atoms with van der Waals surface area (Å²) in [6.07, 6.45) is 0.862. The third kappa shape index (κ3) is 3.11. The number of amides is 1. The number of nitrogens with one attached hydrogen (secondary N) is 1. The van der Waals surface area contributed by atoms with Crippen LogP contribution in [0.2, 0.25) is 0 Å². The molecule has 0 saturated carbocycles. The lowest BCUT2D eigenvalue weighted by Gasteiger charge is -2.09. The van der Waals surface area contributed by atoms with Crippen LogP contribution in [0.1, 0.15) is 11.1 Å². The van der Waals surface area contributed by atoms with Crippen LogP contribution in [0.3, 0.4) is 0 Å². The second-order valence-electron chi connectivity index (χ2n) is 5.97. The monoisotopic (exact) mass is 333 g/mol. The number of carbonyl (C=O) groups is 1. The fraction of sp³-hybridized carbons (Fsp3) is 0.0952. The lowest BCUT2D eigenvalue weighted by molar-refractivity contribution is -0.118. The number of ether oxygens (including phenoxy) is 1. The molecule has 0 bridgehead atoms. The van der Waals surface area contributed by atoms with Crippen LogP contribution in [-0.4, -0.2) is 12.5 Å². The van der Waals surface area contributed by atoms with Gasteiger partial charge in [0.05, 0.1) is 0 Å². The van der Waals surface area contributed by atoms with Crippen molar-refractivity contribution in [3.05, 3.63) is 83.7 Å². The number of benzene rings is 3. The minimum Gasteiger partial charge on any atom is -0.481 e. The van der Waals surface area contributed by atoms with Gasteiger partial charge in [-0.1, -0.05) is 42.5 Å². The van der Waals surface area contributed by atoms with E-state index in [0.717, 1.165) is 6.42 Å². The van der Waals surface area contributed by atoms with Gasteiger partial charge >= 0.3 is 0 Å². The number of hydrogen-bond donors (Lipinski definition) is 1. The first-order valence-corrected chi connectivity index (χ1v) is 8.09. The Labute approximate surface area is 145 Å². The summed E-state index contributed by atoms with van der Waals surface area (Å²) in [4.78, 5) is 12.1. The van der Waals surface area contributed by atoms with E-state index < -0.39 is 5.82 Å². The molecule has 0 aliphatic heterocycles. The zero-order chi connectivity index (χ0) is 17.2. The molecule has 3 nitrogen and oxygen atoms in total. The quantitative estimate of drug-likeness (QED) is 0.600. The summed E-state index contributed by atoms with van der Waals surface area (Å²) in [7, 11) is 0. The highest BCUT2D eigenvalue weighted by Crippen LogP contribution is 2.37. The van der Waals surface area contributed by atoms with Gasteiger partial charge in [0.1, 0.15) is 0 Å². The van der Waals surface area contributed by atoms with Gasteiger partial charge in [0, 0.05) is 5.69 Å². The van der Waals surface area contributed by atoms with Gasteiger partial charge < -0.3 is 10.1 Å². The van der Waals surface area contributed by atoms with Gasteiger partial charge in [0.2, 0.25) is 0 Å². The summed E-state index contributed by atoms with van der Waals surface area (Å²) in [5.41, 5.74) is 5.65. The van der Waals surface area contributed by atoms with Crippen molar-refractivity contribution >= 4 is 11.6 Å². The predicted molar refractivity (Wildman–Crippen MR) is 95.2 cm³/mol. The Morgan fingerprint density at radius 3 is 2.60 bits per heavy atom. The maximum Gasteiger partial charge on any atom is 0.262 e. The Hall–Kier alpha value is -3.14. The molecule has 0 aromatic heterocycles. The van der Waals surface area contributed by atoms with Crippen LogP contribution >= 0.6 is 0 Å². The summed E-state index contributed by atoms with van der Waals surface area (Å²) in [5.74, 6) is -0.730. The fourth-order valence-corrected chi connectivity index (χ4v) is 3.13. The van der Waals surface area contributed by atoms with Crippen molar-refractivity contribution in [1.29, 1.82) is 0 Å². The molecule has 124 valence electrons. The Kier molecular flexibility index (Phi) is 3.94. The summed E-state index contributed by atoms with van der Waals surface area (Å²) in [5, 5.41) is 2.80. The molecule has 0 radical (unpaired) electrons. The molecule has 3 aromatic rings. The number of rotatable bonds is 4. The summed E-state index contributed by atoms with van der Waals surface area (Å²) in [6.45, 7) is -0.238. The van der Waals surface area contributed by atoms with Crippen LogP contribution in [0.15, 0.2) is 66.7 Å². The number of carbonyl (C=O) groups excluding carboxylic acids is 1. The maximum atomic E-state index is 13.5. The van der Waals surface area contributed by atoms with E-state index in [-0.39, 0.29) is 18.3 Å². The van der Waals surface area contributed by atoms with Crippen molar-refractivity contribution in [2.75, 3.05) is 11.9 Å². The highest BCUT2D eigenvalue weighted by atomic mass is 19.1. The van der Waals surface area contributed by atoms with Gasteiger partial charge in [0.15, 0.2) is 18.2 Å². The smallest absolute Gasteiger partial charge is 0.262 e. The Morgan fingerprint density at radius 1 is 0.960 bits per heavy atom. The minimum absolute atomic E-state index is 0.0713. The molecule has 4 heteroatoms. The Bertz CT molecular complexity index is 952. The van der Waals surface area contributed by atoms with Crippen molar-refractivity contribution in [1.82, 2.24) is 0 Å². The molecule has 1 aliphatic rings. The summed E-state index contributed by atoms with van der Waals surface area (Å²) < 4.78 is 18.7. The summed E-state index contributed by atoms with van der Waals surface area (Å²) >= 11 is 0. The highest BCUT2D eigenvalue weighted by Gasteiger charge is 2.18. The fourth-order valence-electron chi connectivity index (χ4n) is 3.13. The van der Waals surface area contributed by atoms with Crippen LogP contribution in [-0.2, 0) is 11.2 Å². The number of para-hydroxylation sites is 1. The van der Waals surface area contributed by atoms with Gasteiger partial charge in [-0.3, -0.25) is 4.79 Å². The van der Waals surface area contributed by atoms with E-state index in [1.165, 1.54) is 34.4 Å². The molecule has 0 spiro atoms. The average molecular weight is 333 g/mol. The van der Waals surface area contributed by atoms with Gasteiger partial charge in [-0.2, -0.15) is 0 Å². The largest absolute Gasteiger partial charge is 0.481 e. The SMILES string of the molecule is O=C(COc1ccccc1F)Nc1ccc2c(c1)Cc1ccccc1-2. The van der Waals surface area contributed by atoms with E-state index in [4.69, 9.17) is 4.74 Å². The number of anilines is 1. The molecule has 0 saturated heterocycles. The van der Waals surface area contributed by atoms with Crippen molar-refractivity contribution in [2.45, 2.75) is 6.42 Å². The van der Waals surface area contributed by atoms with E-state index in [2.05, 4.69) is 17.4 Å². The molecule has 3 aromatic carbocycles. The molecule has 0 fully saturated rings. The van der Waals surface area contributed by atoms with Crippen molar-refractivity contribution in [3.63, 3.8) is 0 Å². The summed E-state index contributed by atoms with van der Waals surface area (Å²) in [6, 6.07) is 20.2. The highest BCUT2D eigenvalue weighted by molar-refractivity contribution is 5.92. The van der Waals surface area contributed by atoms with Gasteiger partial charge in [-0.05, 0) is 52.9 Å². The first kappa shape index (κ1) is 15.4. The molecule has 0 unspecified atom stereocenters. The topological polar surface area (TPSA) is 38.3 Å². The van der Waals surface area contributed by atoms with E-state index in [9.17, 15) is 9.18 Å². The molecule has 4 rings (SSSR count). The van der Waals surface area contributed by atoms with Crippen molar-refractivity contribution in [3.8, 4) is 16.9 Å². The number of fused-ring (bicyclic) bond motifs is 3. The second kappa shape index (κ2) is 6.40. The standard InChI is InChI=1S/C21H16FNO2/c22-19-7-3-4-8-20(19)25-13-21(24)23-16-9-10-18-15(12-16)11-14-5-1-2-6-17(14)18/h1-10,12H,11,13H2,(H,23,24). The molecular formula is C21H16FNO2. The third-order valence-electron chi connectivity index (χ3n) is 4.27. The number of hydrogen-bond acceptors (Lipinski definition) is 2. The van der Waals surface area contributed by atoms with Crippen LogP contribution in [0, 0.1) is 5.82 Å². The van der Waals surface area contributed by atoms with E-state index in [0.29, 0.717) is 5.69 Å². The average Bonchev–Trinajstić information content (AvgIpc) is 2.99. The zero-order valence-electron chi connectivity index (χ0n) is 13.5. The number of halogens is 1. The van der Waals surface area contributed by atoms with Crippen LogP contribution in [0.4, 0.5) is 10.1 Å². The van der Waals surface area contributed by atoms with Gasteiger partial charge in [-0.25, -0.2) is 4.39 Å². The van der Waals surface area contributed by atoms with Crippen molar-refractivity contribution in [2.24, 2.45) is 0 Å². The van der Waals surface area contributed by atoms with Crippen LogP contribution in [0.5, 0.6) is 5.75 Å². The zero-order valence-corrected chi connectivity index (χ0v) is 13.5. The van der Waals surface area contributed by atoms with E-state index in [1.807, 2.05) is 30.3 Å². The normalized spacial score (nSPS) is 11.6. The molecule has 25 heavy (non-hydrogen) atoms. The third-order valence-corrected chi connectivity index (χ3v) is 4.27. The van der Waals surface area contributed by atoms with Gasteiger partial charge in [0.25, 0.3) is 5.91 Å². The molecule has 1 aliphatic carbocycles. The lowest BCUT2D eigenvalue weighted by atomic mass is 10.1. The Morgan fingerprint density at radius 2 is 1.72 bits per heavy atom. The van der Waals surface area contributed by atoms with Gasteiger partial charge in [-0.15, -0.1) is 0 Å². The molecule has 0 atom stereocenters. The minimum atomic E-state index is -0.481. The second-order valence-corrected chi connectivity index (χ2v) is 5.97. The van der Waals surface area contributed by atoms with Crippen LogP contribution in [0.25, 0.3) is 11.1 Å².